The maximum absolute atomic E-state index is 14.4. The van der Waals surface area contributed by atoms with E-state index in [0.717, 1.165) is 27.6 Å². The van der Waals surface area contributed by atoms with E-state index in [4.69, 9.17) is 4.74 Å². The van der Waals surface area contributed by atoms with Crippen molar-refractivity contribution in [3.63, 3.8) is 0 Å². The van der Waals surface area contributed by atoms with Crippen LogP contribution in [0.15, 0.2) is 108 Å². The van der Waals surface area contributed by atoms with E-state index in [9.17, 15) is 22.4 Å². The predicted molar refractivity (Wildman–Crippen MR) is 173 cm³/mol. The Balaban J connectivity index is 1.81. The molecule has 0 aromatic heterocycles. The van der Waals surface area contributed by atoms with Gasteiger partial charge in [-0.15, -0.1) is 0 Å². The van der Waals surface area contributed by atoms with Gasteiger partial charge in [0, 0.05) is 19.0 Å². The molecule has 1 atom stereocenters. The number of benzene rings is 4. The lowest BCUT2D eigenvalue weighted by Crippen LogP contribution is -2.54. The van der Waals surface area contributed by atoms with Gasteiger partial charge in [-0.05, 0) is 80.4 Å². The maximum Gasteiger partial charge on any atom is 0.264 e. The van der Waals surface area contributed by atoms with Crippen LogP contribution in [0.1, 0.15) is 30.5 Å². The predicted octanol–water partition coefficient (Wildman–Crippen LogP) is 5.50. The SMILES string of the molecule is COc1cccc(CN(C(=O)CN(c2ccc(F)cc2)S(=O)(=O)c2ccc(C)cc2)C(Cc2ccccc2)C(=O)NC(C)C)c1. The van der Waals surface area contributed by atoms with Crippen molar-refractivity contribution < 1.29 is 27.1 Å². The van der Waals surface area contributed by atoms with Crippen molar-refractivity contribution in [3.05, 3.63) is 126 Å². The number of anilines is 1. The molecule has 0 saturated heterocycles. The van der Waals surface area contributed by atoms with E-state index >= 15 is 0 Å². The quantitative estimate of drug-likeness (QED) is 0.210. The first-order valence-electron chi connectivity index (χ1n) is 14.6. The number of amides is 2. The van der Waals surface area contributed by atoms with Gasteiger partial charge in [0.1, 0.15) is 24.2 Å². The number of ether oxygens (including phenoxy) is 1. The first kappa shape index (κ1) is 33.2. The Hall–Kier alpha value is -4.70. The summed E-state index contributed by atoms with van der Waals surface area (Å²) in [5.74, 6) is -0.968. The number of nitrogens with one attached hydrogen (secondary N) is 1. The topological polar surface area (TPSA) is 96.0 Å². The Labute approximate surface area is 264 Å². The van der Waals surface area contributed by atoms with E-state index in [2.05, 4.69) is 5.32 Å². The Morgan fingerprint density at radius 3 is 2.13 bits per heavy atom. The highest BCUT2D eigenvalue weighted by Crippen LogP contribution is 2.26. The molecule has 2 amide bonds. The van der Waals surface area contributed by atoms with Crippen LogP contribution in [0.5, 0.6) is 5.75 Å². The number of carbonyl (C=O) groups is 2. The van der Waals surface area contributed by atoms with Gasteiger partial charge in [-0.25, -0.2) is 12.8 Å². The summed E-state index contributed by atoms with van der Waals surface area (Å²) in [4.78, 5) is 29.6. The Morgan fingerprint density at radius 1 is 0.867 bits per heavy atom. The molecule has 0 bridgehead atoms. The van der Waals surface area contributed by atoms with Crippen LogP contribution < -0.4 is 14.4 Å². The Morgan fingerprint density at radius 2 is 1.51 bits per heavy atom. The first-order chi connectivity index (χ1) is 21.5. The van der Waals surface area contributed by atoms with Crippen LogP contribution in [0.4, 0.5) is 10.1 Å². The molecule has 0 aliphatic carbocycles. The van der Waals surface area contributed by atoms with Crippen LogP contribution in [0, 0.1) is 12.7 Å². The van der Waals surface area contributed by atoms with Crippen molar-refractivity contribution in [2.24, 2.45) is 0 Å². The molecule has 0 saturated carbocycles. The van der Waals surface area contributed by atoms with Gasteiger partial charge in [-0.1, -0.05) is 60.2 Å². The Kier molecular flexibility index (Phi) is 11.0. The van der Waals surface area contributed by atoms with Crippen molar-refractivity contribution in [3.8, 4) is 5.75 Å². The normalized spacial score (nSPS) is 12.0. The molecule has 10 heteroatoms. The van der Waals surface area contributed by atoms with Crippen LogP contribution in [-0.4, -0.2) is 50.9 Å². The monoisotopic (exact) mass is 631 g/mol. The van der Waals surface area contributed by atoms with Gasteiger partial charge >= 0.3 is 0 Å². The lowest BCUT2D eigenvalue weighted by atomic mass is 10.0. The largest absolute Gasteiger partial charge is 0.497 e. The molecule has 4 aromatic carbocycles. The number of sulfonamides is 1. The number of halogens is 1. The molecule has 45 heavy (non-hydrogen) atoms. The summed E-state index contributed by atoms with van der Waals surface area (Å²) in [5, 5.41) is 2.93. The van der Waals surface area contributed by atoms with E-state index < -0.39 is 34.3 Å². The van der Waals surface area contributed by atoms with Crippen LogP contribution in [0.2, 0.25) is 0 Å². The fourth-order valence-corrected chi connectivity index (χ4v) is 6.29. The second-order valence-electron chi connectivity index (χ2n) is 11.0. The van der Waals surface area contributed by atoms with E-state index in [1.165, 1.54) is 36.3 Å². The minimum Gasteiger partial charge on any atom is -0.497 e. The van der Waals surface area contributed by atoms with Gasteiger partial charge in [0.25, 0.3) is 10.0 Å². The second kappa shape index (κ2) is 14.9. The first-order valence-corrected chi connectivity index (χ1v) is 16.0. The minimum absolute atomic E-state index is 0.000879. The molecule has 0 radical (unpaired) electrons. The zero-order valence-electron chi connectivity index (χ0n) is 25.8. The summed E-state index contributed by atoms with van der Waals surface area (Å²) in [7, 11) is -2.74. The number of hydrogen-bond acceptors (Lipinski definition) is 5. The zero-order valence-corrected chi connectivity index (χ0v) is 26.6. The van der Waals surface area contributed by atoms with E-state index in [-0.39, 0.29) is 35.5 Å². The molecule has 0 fully saturated rings. The van der Waals surface area contributed by atoms with Crippen molar-refractivity contribution in [1.29, 1.82) is 0 Å². The van der Waals surface area contributed by atoms with Crippen LogP contribution >= 0.6 is 0 Å². The Bertz CT molecular complexity index is 1700. The lowest BCUT2D eigenvalue weighted by molar-refractivity contribution is -0.140. The molecule has 4 aromatic rings. The molecular formula is C35H38FN3O5S. The smallest absolute Gasteiger partial charge is 0.264 e. The van der Waals surface area contributed by atoms with Crippen LogP contribution in [0.25, 0.3) is 0 Å². The van der Waals surface area contributed by atoms with Gasteiger partial charge in [0.15, 0.2) is 0 Å². The van der Waals surface area contributed by atoms with Gasteiger partial charge in [-0.2, -0.15) is 0 Å². The fourth-order valence-electron chi connectivity index (χ4n) is 4.88. The maximum atomic E-state index is 14.4. The third-order valence-electron chi connectivity index (χ3n) is 7.19. The third kappa shape index (κ3) is 8.69. The average molecular weight is 632 g/mol. The molecule has 1 N–H and O–H groups in total. The summed E-state index contributed by atoms with van der Waals surface area (Å²) in [6.45, 7) is 4.86. The van der Waals surface area contributed by atoms with Crippen molar-refractivity contribution >= 4 is 27.5 Å². The molecule has 236 valence electrons. The summed E-state index contributed by atoms with van der Waals surface area (Å²) in [6, 6.07) is 26.4. The fraction of sp³-hybridized carbons (Fsp3) is 0.257. The number of methoxy groups -OCH3 is 1. The molecule has 0 heterocycles. The van der Waals surface area contributed by atoms with Gasteiger partial charge in [0.2, 0.25) is 11.8 Å². The molecule has 0 spiro atoms. The molecule has 4 rings (SSSR count). The zero-order chi connectivity index (χ0) is 32.6. The molecular weight excluding hydrogens is 593 g/mol. The minimum atomic E-state index is -4.28. The van der Waals surface area contributed by atoms with Crippen LogP contribution in [0.3, 0.4) is 0 Å². The van der Waals surface area contributed by atoms with Crippen molar-refractivity contribution in [2.75, 3.05) is 18.0 Å². The van der Waals surface area contributed by atoms with Gasteiger partial charge in [-0.3, -0.25) is 13.9 Å². The number of nitrogens with zero attached hydrogens (tertiary/aromatic N) is 2. The average Bonchev–Trinajstić information content (AvgIpc) is 3.02. The van der Waals surface area contributed by atoms with Crippen molar-refractivity contribution in [2.45, 2.75) is 50.7 Å². The number of aryl methyl sites for hydroxylation is 1. The highest BCUT2D eigenvalue weighted by atomic mass is 32.2. The highest BCUT2D eigenvalue weighted by molar-refractivity contribution is 7.92. The highest BCUT2D eigenvalue weighted by Gasteiger charge is 2.35. The standard InChI is InChI=1S/C35H38FN3O5S/c1-25(2)37-35(41)33(22-27-9-6-5-7-10-27)38(23-28-11-8-12-31(21-28)44-4)34(40)24-39(30-17-15-29(36)16-18-30)45(42,43)32-19-13-26(3)14-20-32/h5-21,25,33H,22-24H2,1-4H3,(H,37,41). The van der Waals surface area contributed by atoms with Gasteiger partial charge < -0.3 is 15.0 Å². The summed E-state index contributed by atoms with van der Waals surface area (Å²) in [6.07, 6.45) is 0.191. The number of rotatable bonds is 13. The number of hydrogen-bond donors (Lipinski definition) is 1. The summed E-state index contributed by atoms with van der Waals surface area (Å²) < 4.78 is 48.3. The summed E-state index contributed by atoms with van der Waals surface area (Å²) in [5.41, 5.74) is 2.49. The van der Waals surface area contributed by atoms with E-state index in [1.807, 2.05) is 57.2 Å². The lowest BCUT2D eigenvalue weighted by Gasteiger charge is -2.34. The molecule has 0 aliphatic rings. The molecule has 0 aliphatic heterocycles. The molecule has 8 nitrogen and oxygen atoms in total. The van der Waals surface area contributed by atoms with E-state index in [0.29, 0.717) is 11.3 Å². The van der Waals surface area contributed by atoms with Crippen LogP contribution in [-0.2, 0) is 32.6 Å². The molecule has 1 unspecified atom stereocenters. The van der Waals surface area contributed by atoms with E-state index in [1.54, 1.807) is 30.3 Å². The van der Waals surface area contributed by atoms with Gasteiger partial charge in [0.05, 0.1) is 17.7 Å². The third-order valence-corrected chi connectivity index (χ3v) is 8.98. The number of carbonyl (C=O) groups excluding carboxylic acids is 2. The van der Waals surface area contributed by atoms with Crippen molar-refractivity contribution in [1.82, 2.24) is 10.2 Å². The second-order valence-corrected chi connectivity index (χ2v) is 12.9. The summed E-state index contributed by atoms with van der Waals surface area (Å²) >= 11 is 0.